The molecule has 5 aromatic rings. The zero-order valence-electron chi connectivity index (χ0n) is 23.1. The van der Waals surface area contributed by atoms with Crippen LogP contribution in [0.5, 0.6) is 11.6 Å². The van der Waals surface area contributed by atoms with Crippen LogP contribution in [0.1, 0.15) is 34.8 Å². The van der Waals surface area contributed by atoms with Crippen LogP contribution in [0.4, 0.5) is 4.79 Å². The summed E-state index contributed by atoms with van der Waals surface area (Å²) in [5.41, 5.74) is 4.20. The van der Waals surface area contributed by atoms with Crippen LogP contribution in [-0.2, 0) is 11.2 Å². The van der Waals surface area contributed by atoms with Crippen LogP contribution in [0.2, 0.25) is 0 Å². The number of aliphatic carboxylic acids is 1. The van der Waals surface area contributed by atoms with Crippen molar-refractivity contribution in [3.05, 3.63) is 95.6 Å². The molecule has 0 saturated heterocycles. The molecule has 0 fully saturated rings. The summed E-state index contributed by atoms with van der Waals surface area (Å²) in [7, 11) is 0. The number of para-hydroxylation sites is 1. The summed E-state index contributed by atoms with van der Waals surface area (Å²) in [4.78, 5) is 38.3. The van der Waals surface area contributed by atoms with Crippen molar-refractivity contribution >= 4 is 39.7 Å². The fourth-order valence-corrected chi connectivity index (χ4v) is 5.10. The second-order valence-corrected chi connectivity index (χ2v) is 10.0. The van der Waals surface area contributed by atoms with E-state index in [4.69, 9.17) is 14.6 Å². The molecular weight excluding hydrogens is 536 g/mol. The summed E-state index contributed by atoms with van der Waals surface area (Å²) in [6.07, 6.45) is -0.288. The maximum Gasteiger partial charge on any atom is 0.512 e. The van der Waals surface area contributed by atoms with E-state index in [-0.39, 0.29) is 5.88 Å². The molecule has 1 heterocycles. The van der Waals surface area contributed by atoms with Gasteiger partial charge < -0.3 is 30.0 Å². The molecule has 5 rings (SSSR count). The number of aromatic amines is 1. The van der Waals surface area contributed by atoms with Crippen molar-refractivity contribution in [2.24, 2.45) is 0 Å². The van der Waals surface area contributed by atoms with E-state index in [1.165, 1.54) is 6.92 Å². The number of aryl methyl sites for hydroxylation is 2. The Labute approximate surface area is 241 Å². The van der Waals surface area contributed by atoms with Crippen LogP contribution in [-0.4, -0.2) is 45.9 Å². The number of carboxylic acid groups (broad SMARTS) is 2. The minimum absolute atomic E-state index is 0.159. The molecule has 0 bridgehead atoms. The van der Waals surface area contributed by atoms with Gasteiger partial charge in [0.05, 0.1) is 12.1 Å². The highest BCUT2D eigenvalue weighted by molar-refractivity contribution is 6.00. The van der Waals surface area contributed by atoms with Gasteiger partial charge in [0.25, 0.3) is 5.91 Å². The third kappa shape index (κ3) is 5.90. The van der Waals surface area contributed by atoms with Crippen molar-refractivity contribution in [3.8, 4) is 22.8 Å². The number of hydrogen-bond acceptors (Lipinski definition) is 5. The van der Waals surface area contributed by atoms with Gasteiger partial charge in [-0.1, -0.05) is 60.7 Å². The number of aromatic nitrogens is 1. The lowest BCUT2D eigenvalue weighted by molar-refractivity contribution is -0.138. The van der Waals surface area contributed by atoms with E-state index in [0.29, 0.717) is 30.5 Å². The normalized spacial score (nSPS) is 11.8. The summed E-state index contributed by atoms with van der Waals surface area (Å²) in [5, 5.41) is 23.9. The minimum Gasteiger partial charge on any atom is -0.493 e. The van der Waals surface area contributed by atoms with E-state index in [2.05, 4.69) is 10.3 Å². The highest BCUT2D eigenvalue weighted by Crippen LogP contribution is 2.37. The van der Waals surface area contributed by atoms with Gasteiger partial charge in [0.1, 0.15) is 11.8 Å². The number of carboxylic acids is 1. The maximum atomic E-state index is 12.5. The molecule has 0 radical (unpaired) electrons. The average molecular weight is 567 g/mol. The van der Waals surface area contributed by atoms with E-state index in [1.807, 2.05) is 67.6 Å². The van der Waals surface area contributed by atoms with Crippen LogP contribution in [0.25, 0.3) is 32.8 Å². The quantitative estimate of drug-likeness (QED) is 0.111. The molecule has 0 aliphatic rings. The maximum absolute atomic E-state index is 12.5. The van der Waals surface area contributed by atoms with Crippen LogP contribution in [0.3, 0.4) is 0 Å². The van der Waals surface area contributed by atoms with Crippen molar-refractivity contribution in [2.75, 3.05) is 6.61 Å². The summed E-state index contributed by atoms with van der Waals surface area (Å²) in [5.74, 6) is -0.652. The molecule has 1 aromatic heterocycles. The third-order valence-corrected chi connectivity index (χ3v) is 7.17. The topological polar surface area (TPSA) is 138 Å². The van der Waals surface area contributed by atoms with Gasteiger partial charge >= 0.3 is 12.1 Å². The van der Waals surface area contributed by atoms with Gasteiger partial charge in [0.2, 0.25) is 5.88 Å². The van der Waals surface area contributed by atoms with Gasteiger partial charge in [-0.25, -0.2) is 4.79 Å². The molecule has 1 atom stereocenters. The van der Waals surface area contributed by atoms with Gasteiger partial charge in [-0.3, -0.25) is 9.59 Å². The number of rotatable bonds is 10. The fraction of sp³-hybridized carbons (Fsp3) is 0.182. The molecule has 1 amide bonds. The predicted molar refractivity (Wildman–Crippen MR) is 159 cm³/mol. The standard InChI is InChI=1S/C33H30N2O7/c1-19-18-22(30(36)34-20(2)32(37)38)15-16-23(19)25-11-6-12-26-27(31(35-29(25)26)42-33(39)40)13-7-17-41-28-14-5-9-21-8-3-4-10-24(21)28/h3-6,8-12,14-16,18,20,35H,7,13,17H2,1-2H3,(H,34,36)(H,37,38)(H,39,40)/t20-/m0/s1. The van der Waals surface area contributed by atoms with Gasteiger partial charge in [-0.2, -0.15) is 0 Å². The van der Waals surface area contributed by atoms with Crippen LogP contribution in [0.15, 0.2) is 78.9 Å². The summed E-state index contributed by atoms with van der Waals surface area (Å²) in [6, 6.07) is 23.7. The Bertz CT molecular complexity index is 1800. The fourth-order valence-electron chi connectivity index (χ4n) is 5.10. The number of amides is 1. The lowest BCUT2D eigenvalue weighted by Crippen LogP contribution is -2.38. The first-order chi connectivity index (χ1) is 20.2. The third-order valence-electron chi connectivity index (χ3n) is 7.17. The Balaban J connectivity index is 1.40. The van der Waals surface area contributed by atoms with Crippen LogP contribution in [0, 0.1) is 6.92 Å². The van der Waals surface area contributed by atoms with Crippen molar-refractivity contribution in [3.63, 3.8) is 0 Å². The van der Waals surface area contributed by atoms with E-state index in [0.717, 1.165) is 44.2 Å². The molecular formula is C33H30N2O7. The van der Waals surface area contributed by atoms with Gasteiger partial charge in [-0.15, -0.1) is 0 Å². The summed E-state index contributed by atoms with van der Waals surface area (Å²) >= 11 is 0. The number of carbonyl (C=O) groups is 3. The second-order valence-electron chi connectivity index (χ2n) is 10.0. The molecule has 4 aromatic carbocycles. The van der Waals surface area contributed by atoms with Crippen molar-refractivity contribution in [1.82, 2.24) is 10.3 Å². The highest BCUT2D eigenvalue weighted by atomic mass is 16.7. The Morgan fingerprint density at radius 3 is 2.40 bits per heavy atom. The Morgan fingerprint density at radius 1 is 0.905 bits per heavy atom. The first-order valence-corrected chi connectivity index (χ1v) is 13.5. The number of hydrogen-bond donors (Lipinski definition) is 4. The lowest BCUT2D eigenvalue weighted by Gasteiger charge is -2.12. The monoisotopic (exact) mass is 566 g/mol. The molecule has 214 valence electrons. The molecule has 0 aliphatic carbocycles. The van der Waals surface area contributed by atoms with Crippen molar-refractivity contribution in [1.29, 1.82) is 0 Å². The van der Waals surface area contributed by atoms with Crippen LogP contribution < -0.4 is 14.8 Å². The second kappa shape index (κ2) is 12.1. The van der Waals surface area contributed by atoms with Gasteiger partial charge in [0.15, 0.2) is 0 Å². The average Bonchev–Trinajstić information content (AvgIpc) is 3.31. The lowest BCUT2D eigenvalue weighted by atomic mass is 9.95. The highest BCUT2D eigenvalue weighted by Gasteiger charge is 2.20. The summed E-state index contributed by atoms with van der Waals surface area (Å²) < 4.78 is 11.2. The molecule has 0 spiro atoms. The molecule has 0 saturated carbocycles. The molecule has 4 N–H and O–H groups in total. The number of benzene rings is 4. The largest absolute Gasteiger partial charge is 0.512 e. The Morgan fingerprint density at radius 2 is 1.64 bits per heavy atom. The van der Waals surface area contributed by atoms with Crippen molar-refractivity contribution in [2.45, 2.75) is 32.7 Å². The van der Waals surface area contributed by atoms with E-state index < -0.39 is 24.1 Å². The van der Waals surface area contributed by atoms with Crippen molar-refractivity contribution < 1.29 is 34.1 Å². The molecule has 9 nitrogen and oxygen atoms in total. The summed E-state index contributed by atoms with van der Waals surface area (Å²) in [6.45, 7) is 3.68. The van der Waals surface area contributed by atoms with Gasteiger partial charge in [0, 0.05) is 27.5 Å². The molecule has 0 unspecified atom stereocenters. The predicted octanol–water partition coefficient (Wildman–Crippen LogP) is 6.57. The van der Waals surface area contributed by atoms with Crippen LogP contribution >= 0.6 is 0 Å². The molecule has 0 aliphatic heterocycles. The van der Waals surface area contributed by atoms with E-state index >= 15 is 0 Å². The number of nitrogens with one attached hydrogen (secondary N) is 2. The number of fused-ring (bicyclic) bond motifs is 2. The Kier molecular flexibility index (Phi) is 8.10. The number of H-pyrrole nitrogens is 1. The van der Waals surface area contributed by atoms with Gasteiger partial charge in [-0.05, 0) is 61.4 Å². The first-order valence-electron chi connectivity index (χ1n) is 13.5. The smallest absolute Gasteiger partial charge is 0.493 e. The number of ether oxygens (including phenoxy) is 2. The molecule has 42 heavy (non-hydrogen) atoms. The zero-order valence-corrected chi connectivity index (χ0v) is 23.1. The van der Waals surface area contributed by atoms with E-state index in [9.17, 15) is 19.5 Å². The first kappa shape index (κ1) is 28.2. The minimum atomic E-state index is -1.42. The Hall–Kier alpha value is -5.31. The zero-order chi connectivity index (χ0) is 29.8. The SMILES string of the molecule is Cc1cc(C(=O)N[C@@H](C)C(=O)O)ccc1-c1cccc2c(CCCOc3cccc4ccccc34)c(OC(=O)O)[nH]c12. The molecule has 9 heteroatoms. The van der Waals surface area contributed by atoms with E-state index in [1.54, 1.807) is 18.2 Å². The number of carbonyl (C=O) groups excluding carboxylic acids is 1.